The quantitative estimate of drug-likeness (QED) is 0.224. The van der Waals surface area contributed by atoms with Crippen molar-refractivity contribution in [3.63, 3.8) is 0 Å². The average Bonchev–Trinajstić information content (AvgIpc) is 2.83. The Labute approximate surface area is 245 Å². The van der Waals surface area contributed by atoms with Crippen LogP contribution in [0.4, 0.5) is 0 Å². The van der Waals surface area contributed by atoms with Crippen molar-refractivity contribution >= 4 is 17.9 Å². The molecule has 0 spiro atoms. The summed E-state index contributed by atoms with van der Waals surface area (Å²) in [5, 5.41) is 0. The van der Waals surface area contributed by atoms with E-state index in [9.17, 15) is 14.4 Å². The number of hydrogen-bond acceptors (Lipinski definition) is 6. The van der Waals surface area contributed by atoms with E-state index in [-0.39, 0.29) is 101 Å². The second-order valence-electron chi connectivity index (χ2n) is 10.1. The molecule has 0 bridgehead atoms. The first-order chi connectivity index (χ1) is 13.5. The SMILES string of the molecule is C.C.C.CC(C)C[C@@H]1COC(=O)C1.CC(C)C[C@@H]1COC(=O)C1C.C[C@@]12C[C@@H]1COC2=O.[Cu].[Y]. The largest absolute Gasteiger partial charge is 0.465 e. The molecule has 0 N–H and O–H groups in total. The summed E-state index contributed by atoms with van der Waals surface area (Å²) in [6, 6.07) is 0. The van der Waals surface area contributed by atoms with Gasteiger partial charge in [0.1, 0.15) is 0 Å². The number of esters is 3. The number of hydrogen-bond donors (Lipinski definition) is 0. The van der Waals surface area contributed by atoms with Crippen LogP contribution in [0.15, 0.2) is 0 Å². The monoisotopic (exact) mass is 610 g/mol. The second kappa shape index (κ2) is 18.3. The van der Waals surface area contributed by atoms with E-state index >= 15 is 0 Å². The molecule has 1 unspecified atom stereocenters. The van der Waals surface area contributed by atoms with Crippen LogP contribution < -0.4 is 0 Å². The molecule has 0 aromatic heterocycles. The molecule has 1 aliphatic carbocycles. The average molecular weight is 611 g/mol. The molecule has 6 nitrogen and oxygen atoms in total. The standard InChI is InChI=1S/C9H16O2.C8H14O2.C6H8O2.3CH4.Cu.Y/c1-6(2)4-8-5-11-9(10)7(8)3;1-6(2)3-7-4-8(9)10-5-7;1-6-2-4(6)3-8-5(6)7;;;;;/h6-8H,4-5H2,1-3H3;6-7H,3-5H2,1-2H3;4H,2-3H2,1H3;3*1H4;;/t7?,8-;7-;4-,6-;;;;;/m101...../s1. The Morgan fingerprint density at radius 2 is 1.44 bits per heavy atom. The van der Waals surface area contributed by atoms with E-state index in [2.05, 4.69) is 27.7 Å². The first-order valence-electron chi connectivity index (χ1n) is 11.0. The zero-order valence-corrected chi connectivity index (χ0v) is 23.5. The number of ether oxygens (including phenoxy) is 3. The maximum Gasteiger partial charge on any atom is 0.312 e. The number of carbonyl (C=O) groups excluding carboxylic acids is 3. The van der Waals surface area contributed by atoms with Gasteiger partial charge in [-0.1, -0.05) is 56.9 Å². The van der Waals surface area contributed by atoms with Gasteiger partial charge in [-0.25, -0.2) is 0 Å². The summed E-state index contributed by atoms with van der Waals surface area (Å²) in [5.41, 5.74) is -0.0417. The van der Waals surface area contributed by atoms with E-state index in [1.54, 1.807) is 0 Å². The summed E-state index contributed by atoms with van der Waals surface area (Å²) < 4.78 is 14.5. The Bertz CT molecular complexity index is 610. The molecule has 3 heterocycles. The van der Waals surface area contributed by atoms with E-state index in [0.717, 1.165) is 19.3 Å². The van der Waals surface area contributed by atoms with Crippen LogP contribution in [-0.4, -0.2) is 37.7 Å². The van der Waals surface area contributed by atoms with Gasteiger partial charge in [0.15, 0.2) is 0 Å². The van der Waals surface area contributed by atoms with Crippen molar-refractivity contribution in [3.8, 4) is 0 Å². The molecule has 0 aromatic rings. The van der Waals surface area contributed by atoms with Gasteiger partial charge >= 0.3 is 17.9 Å². The Kier molecular flexibility index (Phi) is 22.2. The molecule has 4 fully saturated rings. The molecule has 4 aliphatic rings. The third kappa shape index (κ3) is 12.3. The minimum Gasteiger partial charge on any atom is -0.465 e. The zero-order valence-electron chi connectivity index (χ0n) is 19.7. The molecular weight excluding hydrogens is 561 g/mol. The summed E-state index contributed by atoms with van der Waals surface area (Å²) in [5.74, 6) is 2.96. The molecule has 2 radical (unpaired) electrons. The maximum absolute atomic E-state index is 10.9. The Hall–Kier alpha value is 0.0334. The zero-order chi connectivity index (χ0) is 21.8. The van der Waals surface area contributed by atoms with Crippen LogP contribution in [0.1, 0.15) is 89.5 Å². The van der Waals surface area contributed by atoms with Crippen LogP contribution in [0.5, 0.6) is 0 Å². The molecule has 0 amide bonds. The van der Waals surface area contributed by atoms with Crippen LogP contribution in [-0.2, 0) is 78.4 Å². The third-order valence-corrected chi connectivity index (χ3v) is 6.33. The molecule has 8 heteroatoms. The van der Waals surface area contributed by atoms with Gasteiger partial charge in [-0.15, -0.1) is 0 Å². The van der Waals surface area contributed by atoms with Crippen molar-refractivity contribution in [1.29, 1.82) is 0 Å². The molecule has 3 saturated heterocycles. The summed E-state index contributed by atoms with van der Waals surface area (Å²) in [4.78, 5) is 32.3. The van der Waals surface area contributed by atoms with Crippen LogP contribution in [0.25, 0.3) is 0 Å². The van der Waals surface area contributed by atoms with Crippen LogP contribution in [0.3, 0.4) is 0 Å². The maximum atomic E-state index is 10.9. The Morgan fingerprint density at radius 1 is 0.882 bits per heavy atom. The summed E-state index contributed by atoms with van der Waals surface area (Å²) in [6.07, 6.45) is 3.92. The molecule has 34 heavy (non-hydrogen) atoms. The smallest absolute Gasteiger partial charge is 0.312 e. The number of rotatable bonds is 4. The summed E-state index contributed by atoms with van der Waals surface area (Å²) in [6.45, 7) is 14.6. The van der Waals surface area contributed by atoms with Gasteiger partial charge in [-0.05, 0) is 38.0 Å². The number of cyclic esters (lactones) is 3. The van der Waals surface area contributed by atoms with Gasteiger partial charge in [0, 0.05) is 67.5 Å². The fraction of sp³-hybridized carbons (Fsp3) is 0.885. The van der Waals surface area contributed by atoms with Crippen LogP contribution in [0, 0.1) is 40.9 Å². The van der Waals surface area contributed by atoms with Crippen molar-refractivity contribution in [2.24, 2.45) is 40.9 Å². The van der Waals surface area contributed by atoms with Crippen molar-refractivity contribution in [2.45, 2.75) is 89.5 Å². The molecule has 1 saturated carbocycles. The Balaban J connectivity index is -0.000000186. The molecule has 3 aliphatic heterocycles. The predicted molar refractivity (Wildman–Crippen MR) is 129 cm³/mol. The fourth-order valence-corrected chi connectivity index (χ4v) is 4.20. The van der Waals surface area contributed by atoms with E-state index in [1.807, 2.05) is 13.8 Å². The Morgan fingerprint density at radius 3 is 1.71 bits per heavy atom. The minimum absolute atomic E-state index is 0. The van der Waals surface area contributed by atoms with E-state index < -0.39 is 0 Å². The first kappa shape index (κ1) is 41.2. The van der Waals surface area contributed by atoms with E-state index in [0.29, 0.717) is 55.8 Å². The minimum atomic E-state index is -0.0417. The van der Waals surface area contributed by atoms with Crippen LogP contribution >= 0.6 is 0 Å². The fourth-order valence-electron chi connectivity index (χ4n) is 4.20. The van der Waals surface area contributed by atoms with Crippen molar-refractivity contribution in [3.05, 3.63) is 0 Å². The van der Waals surface area contributed by atoms with Crippen molar-refractivity contribution in [1.82, 2.24) is 0 Å². The van der Waals surface area contributed by atoms with Gasteiger partial charge in [0.05, 0.1) is 37.6 Å². The van der Waals surface area contributed by atoms with Gasteiger partial charge in [0.2, 0.25) is 0 Å². The van der Waals surface area contributed by atoms with Crippen molar-refractivity contribution < 1.29 is 78.4 Å². The molecule has 204 valence electrons. The van der Waals surface area contributed by atoms with Gasteiger partial charge in [-0.3, -0.25) is 14.4 Å². The number of fused-ring (bicyclic) bond motifs is 1. The van der Waals surface area contributed by atoms with Gasteiger partial charge < -0.3 is 14.2 Å². The second-order valence-corrected chi connectivity index (χ2v) is 10.1. The predicted octanol–water partition coefficient (Wildman–Crippen LogP) is 5.91. The van der Waals surface area contributed by atoms with E-state index in [1.165, 1.54) is 0 Å². The van der Waals surface area contributed by atoms with Crippen LogP contribution in [0.2, 0.25) is 0 Å². The van der Waals surface area contributed by atoms with Crippen molar-refractivity contribution in [2.75, 3.05) is 19.8 Å². The normalized spacial score (nSPS) is 29.5. The number of carbonyl (C=O) groups is 3. The third-order valence-electron chi connectivity index (χ3n) is 6.33. The topological polar surface area (TPSA) is 78.9 Å². The molecule has 4 rings (SSSR count). The van der Waals surface area contributed by atoms with Gasteiger partial charge in [0.25, 0.3) is 0 Å². The molecule has 5 atom stereocenters. The molecule has 0 aromatic carbocycles. The summed E-state index contributed by atoms with van der Waals surface area (Å²) in [7, 11) is 0. The first-order valence-corrected chi connectivity index (χ1v) is 11.0. The van der Waals surface area contributed by atoms with Gasteiger partial charge in [-0.2, -0.15) is 0 Å². The van der Waals surface area contributed by atoms with E-state index in [4.69, 9.17) is 14.2 Å². The summed E-state index contributed by atoms with van der Waals surface area (Å²) >= 11 is 0. The molecular formula is C26H50CuO6Y.